The van der Waals surface area contributed by atoms with E-state index in [2.05, 4.69) is 31.2 Å². The molecule has 0 aliphatic heterocycles. The van der Waals surface area contributed by atoms with Crippen LogP contribution in [0.15, 0.2) is 34.8 Å². The van der Waals surface area contributed by atoms with E-state index in [1.54, 1.807) is 11.3 Å². The lowest BCUT2D eigenvalue weighted by molar-refractivity contribution is 0.341. The molecule has 0 spiro atoms. The first-order valence-electron chi connectivity index (χ1n) is 6.59. The Labute approximate surface area is 135 Å². The Balaban J connectivity index is 1.88. The van der Waals surface area contributed by atoms with Crippen molar-refractivity contribution in [2.24, 2.45) is 0 Å². The first kappa shape index (κ1) is 14.3. The summed E-state index contributed by atoms with van der Waals surface area (Å²) < 4.78 is 7.60. The molecule has 0 amide bonds. The highest BCUT2D eigenvalue weighted by Crippen LogP contribution is 2.31. The zero-order valence-corrected chi connectivity index (χ0v) is 14.1. The molecule has 3 rings (SSSR count). The average Bonchev–Trinajstić information content (AvgIpc) is 2.85. The van der Waals surface area contributed by atoms with E-state index in [1.807, 2.05) is 44.2 Å². The van der Waals surface area contributed by atoms with Crippen LogP contribution in [0, 0.1) is 6.92 Å². The number of aromatic nitrogens is 2. The highest BCUT2D eigenvalue weighted by molar-refractivity contribution is 9.10. The molecule has 0 aliphatic carbocycles. The topological polar surface area (TPSA) is 47.0 Å². The molecule has 4 nitrogen and oxygen atoms in total. The summed E-state index contributed by atoms with van der Waals surface area (Å²) in [5, 5.41) is 4.07. The molecular weight excluding hydrogens is 350 g/mol. The van der Waals surface area contributed by atoms with E-state index in [0.29, 0.717) is 6.61 Å². The zero-order chi connectivity index (χ0) is 14.8. The van der Waals surface area contributed by atoms with Gasteiger partial charge in [-0.3, -0.25) is 0 Å². The number of thiazole rings is 1. The predicted molar refractivity (Wildman–Crippen MR) is 90.7 cm³/mol. The second-order valence-electron chi connectivity index (χ2n) is 4.47. The summed E-state index contributed by atoms with van der Waals surface area (Å²) in [5.74, 6) is 1.66. The number of fused-ring (bicyclic) bond motifs is 1. The van der Waals surface area contributed by atoms with Gasteiger partial charge in [-0.05, 0) is 60.1 Å². The third kappa shape index (κ3) is 3.16. The molecule has 21 heavy (non-hydrogen) atoms. The third-order valence-electron chi connectivity index (χ3n) is 2.93. The van der Waals surface area contributed by atoms with E-state index in [-0.39, 0.29) is 0 Å². The largest absolute Gasteiger partial charge is 0.494 e. The van der Waals surface area contributed by atoms with Crippen LogP contribution in [0.25, 0.3) is 10.2 Å². The zero-order valence-electron chi connectivity index (χ0n) is 11.7. The van der Waals surface area contributed by atoms with Crippen LogP contribution in [-0.2, 0) is 0 Å². The normalized spacial score (nSPS) is 10.8. The van der Waals surface area contributed by atoms with Crippen molar-refractivity contribution in [1.29, 1.82) is 0 Å². The molecule has 0 saturated heterocycles. The van der Waals surface area contributed by atoms with Gasteiger partial charge in [0.15, 0.2) is 5.13 Å². The van der Waals surface area contributed by atoms with Crippen molar-refractivity contribution in [2.45, 2.75) is 13.8 Å². The Hall–Kier alpha value is -1.66. The highest BCUT2D eigenvalue weighted by atomic mass is 79.9. The van der Waals surface area contributed by atoms with Gasteiger partial charge in [0.25, 0.3) is 0 Å². The van der Waals surface area contributed by atoms with Crippen LogP contribution in [-0.4, -0.2) is 16.6 Å². The lowest BCUT2D eigenvalue weighted by atomic mass is 10.3. The summed E-state index contributed by atoms with van der Waals surface area (Å²) in [6.45, 7) is 4.60. The van der Waals surface area contributed by atoms with Crippen molar-refractivity contribution in [3.8, 4) is 5.75 Å². The van der Waals surface area contributed by atoms with Gasteiger partial charge < -0.3 is 10.1 Å². The van der Waals surface area contributed by atoms with E-state index < -0.39 is 0 Å². The Morgan fingerprint density at radius 1 is 1.24 bits per heavy atom. The third-order valence-corrected chi connectivity index (χ3v) is 4.70. The van der Waals surface area contributed by atoms with Crippen LogP contribution in [0.3, 0.4) is 0 Å². The van der Waals surface area contributed by atoms with Crippen LogP contribution >= 0.6 is 27.3 Å². The first-order chi connectivity index (χ1) is 10.2. The number of nitrogens with zero attached hydrogens (tertiary/aromatic N) is 2. The van der Waals surface area contributed by atoms with Gasteiger partial charge in [-0.2, -0.15) is 0 Å². The van der Waals surface area contributed by atoms with Gasteiger partial charge in [-0.15, -0.1) is 0 Å². The fourth-order valence-electron chi connectivity index (χ4n) is 1.94. The molecule has 0 fully saturated rings. The number of halogens is 1. The van der Waals surface area contributed by atoms with E-state index >= 15 is 0 Å². The number of benzene rings is 1. The fourth-order valence-corrected chi connectivity index (χ4v) is 3.06. The Morgan fingerprint density at radius 2 is 2.10 bits per heavy atom. The van der Waals surface area contributed by atoms with Crippen molar-refractivity contribution in [3.63, 3.8) is 0 Å². The van der Waals surface area contributed by atoms with Gasteiger partial charge in [0.05, 0.1) is 22.5 Å². The van der Waals surface area contributed by atoms with Crippen molar-refractivity contribution in [2.75, 3.05) is 11.9 Å². The number of pyridine rings is 1. The lowest BCUT2D eigenvalue weighted by Crippen LogP contribution is -1.94. The standard InChI is InChI=1S/C15H14BrN3OS/c1-3-20-10-4-6-12-13(8-10)21-15(18-12)19-14-7-5-11(16)9(2)17-14/h4-8H,3H2,1-2H3,(H,17,18,19). The van der Waals surface area contributed by atoms with Gasteiger partial charge >= 0.3 is 0 Å². The maximum atomic E-state index is 5.51. The fraction of sp³-hybridized carbons (Fsp3) is 0.200. The number of nitrogens with one attached hydrogen (secondary N) is 1. The summed E-state index contributed by atoms with van der Waals surface area (Å²) in [5.41, 5.74) is 1.90. The van der Waals surface area contributed by atoms with Crippen molar-refractivity contribution >= 4 is 48.4 Å². The highest BCUT2D eigenvalue weighted by Gasteiger charge is 2.07. The minimum atomic E-state index is 0.664. The monoisotopic (exact) mass is 363 g/mol. The van der Waals surface area contributed by atoms with Gasteiger partial charge in [0, 0.05) is 4.47 Å². The number of rotatable bonds is 4. The summed E-state index contributed by atoms with van der Waals surface area (Å²) in [7, 11) is 0. The molecule has 1 N–H and O–H groups in total. The number of hydrogen-bond acceptors (Lipinski definition) is 5. The summed E-state index contributed by atoms with van der Waals surface area (Å²) in [6, 6.07) is 9.83. The molecule has 0 atom stereocenters. The van der Waals surface area contributed by atoms with Crippen LogP contribution in [0.2, 0.25) is 0 Å². The second kappa shape index (κ2) is 5.99. The van der Waals surface area contributed by atoms with Crippen LogP contribution in [0.4, 0.5) is 10.9 Å². The molecule has 0 aliphatic rings. The molecule has 2 heterocycles. The molecule has 6 heteroatoms. The number of ether oxygens (including phenoxy) is 1. The molecule has 0 unspecified atom stereocenters. The lowest BCUT2D eigenvalue weighted by Gasteiger charge is -2.03. The molecule has 3 aromatic rings. The number of anilines is 2. The van der Waals surface area contributed by atoms with E-state index in [1.165, 1.54) is 0 Å². The quantitative estimate of drug-likeness (QED) is 0.715. The molecule has 108 valence electrons. The van der Waals surface area contributed by atoms with Crippen LogP contribution in [0.1, 0.15) is 12.6 Å². The van der Waals surface area contributed by atoms with Gasteiger partial charge in [0.2, 0.25) is 0 Å². The van der Waals surface area contributed by atoms with Crippen LogP contribution in [0.5, 0.6) is 5.75 Å². The summed E-state index contributed by atoms with van der Waals surface area (Å²) in [6.07, 6.45) is 0. The first-order valence-corrected chi connectivity index (χ1v) is 8.20. The molecule has 1 aromatic carbocycles. The summed E-state index contributed by atoms with van der Waals surface area (Å²) in [4.78, 5) is 9.03. The van der Waals surface area contributed by atoms with Crippen LogP contribution < -0.4 is 10.1 Å². The van der Waals surface area contributed by atoms with Crippen molar-refractivity contribution < 1.29 is 4.74 Å². The molecular formula is C15H14BrN3OS. The average molecular weight is 364 g/mol. The predicted octanol–water partition coefficient (Wildman–Crippen LogP) is 4.90. The van der Waals surface area contributed by atoms with Gasteiger partial charge in [-0.1, -0.05) is 11.3 Å². The minimum Gasteiger partial charge on any atom is -0.494 e. The Morgan fingerprint density at radius 3 is 2.86 bits per heavy atom. The Kier molecular flexibility index (Phi) is 4.07. The Bertz CT molecular complexity index is 788. The number of aryl methyl sites for hydroxylation is 1. The SMILES string of the molecule is CCOc1ccc2nc(Nc3ccc(Br)c(C)n3)sc2c1. The molecule has 2 aromatic heterocycles. The van der Waals surface area contributed by atoms with Gasteiger partial charge in [0.1, 0.15) is 11.6 Å². The van der Waals surface area contributed by atoms with Crippen molar-refractivity contribution in [1.82, 2.24) is 9.97 Å². The minimum absolute atomic E-state index is 0.664. The maximum absolute atomic E-state index is 5.51. The number of hydrogen-bond donors (Lipinski definition) is 1. The second-order valence-corrected chi connectivity index (χ2v) is 6.36. The van der Waals surface area contributed by atoms with Gasteiger partial charge in [-0.25, -0.2) is 9.97 Å². The molecule has 0 saturated carbocycles. The maximum Gasteiger partial charge on any atom is 0.189 e. The smallest absolute Gasteiger partial charge is 0.189 e. The summed E-state index contributed by atoms with van der Waals surface area (Å²) >= 11 is 5.04. The van der Waals surface area contributed by atoms with E-state index in [0.717, 1.165) is 37.1 Å². The molecule has 0 radical (unpaired) electrons. The van der Waals surface area contributed by atoms with Crippen molar-refractivity contribution in [3.05, 3.63) is 40.5 Å². The van der Waals surface area contributed by atoms with E-state index in [4.69, 9.17) is 4.74 Å². The van der Waals surface area contributed by atoms with E-state index in [9.17, 15) is 0 Å². The molecule has 0 bridgehead atoms.